The molecule has 1 rings (SSSR count). The van der Waals surface area contributed by atoms with Gasteiger partial charge in [-0.3, -0.25) is 0 Å². The van der Waals surface area contributed by atoms with Crippen LogP contribution in [0.15, 0.2) is 30.3 Å². The maximum atomic E-state index is 10.3. The number of hydrogen-bond acceptors (Lipinski definition) is 2. The molecule has 0 radical (unpaired) electrons. The Bertz CT molecular complexity index is 243. The van der Waals surface area contributed by atoms with E-state index >= 15 is 0 Å². The fraction of sp³-hybridized carbons (Fsp3) is 0. The van der Waals surface area contributed by atoms with Gasteiger partial charge in [-0.1, -0.05) is 0 Å². The Morgan fingerprint density at radius 1 is 1.00 bits per heavy atom. The average molecular weight is 157 g/mol. The van der Waals surface area contributed by atoms with E-state index in [-0.39, 0.29) is 0 Å². The fourth-order valence-corrected chi connectivity index (χ4v) is 1.30. The van der Waals surface area contributed by atoms with Crippen LogP contribution in [0.3, 0.4) is 0 Å². The molecule has 0 amide bonds. The first-order valence-electron chi connectivity index (χ1n) is 2.57. The summed E-state index contributed by atoms with van der Waals surface area (Å²) in [6.45, 7) is 0. The van der Waals surface area contributed by atoms with E-state index in [1.807, 2.05) is 0 Å². The van der Waals surface area contributed by atoms with E-state index < -0.39 is 17.8 Å². The van der Waals surface area contributed by atoms with Crippen LogP contribution in [0, 0.1) is 0 Å². The molecule has 9 heavy (non-hydrogen) atoms. The molecular formula is C6H5O2Ti. The van der Waals surface area contributed by atoms with Crippen LogP contribution in [0.2, 0.25) is 0 Å². The zero-order valence-electron chi connectivity index (χ0n) is 4.70. The number of hydrogen-bond donors (Lipinski definition) is 0. The Morgan fingerprint density at radius 2 is 1.56 bits per heavy atom. The van der Waals surface area contributed by atoms with Crippen LogP contribution in [-0.4, -0.2) is 0 Å². The zero-order chi connectivity index (χ0) is 6.69. The van der Waals surface area contributed by atoms with E-state index in [4.69, 9.17) is 0 Å². The van der Waals surface area contributed by atoms with Gasteiger partial charge in [0.05, 0.1) is 0 Å². The van der Waals surface area contributed by atoms with Crippen LogP contribution in [0.4, 0.5) is 0 Å². The van der Waals surface area contributed by atoms with Gasteiger partial charge in [-0.2, -0.15) is 0 Å². The van der Waals surface area contributed by atoms with Gasteiger partial charge >= 0.3 is 58.7 Å². The van der Waals surface area contributed by atoms with E-state index in [9.17, 15) is 6.65 Å². The molecule has 0 bridgehead atoms. The zero-order valence-corrected chi connectivity index (χ0v) is 6.26. The molecule has 2 nitrogen and oxygen atoms in total. The molecule has 0 saturated heterocycles. The van der Waals surface area contributed by atoms with Crippen molar-refractivity contribution < 1.29 is 24.5 Å². The first kappa shape index (κ1) is 6.65. The molecule has 0 N–H and O–H groups in total. The van der Waals surface area contributed by atoms with Crippen molar-refractivity contribution in [1.82, 2.24) is 0 Å². The van der Waals surface area contributed by atoms with Gasteiger partial charge in [0, 0.05) is 0 Å². The Labute approximate surface area is 59.0 Å². The second-order valence-corrected chi connectivity index (χ2v) is 3.45. The molecule has 0 heterocycles. The average Bonchev–Trinajstić information content (AvgIpc) is 1.90. The first-order chi connectivity index (χ1) is 4.30. The summed E-state index contributed by atoms with van der Waals surface area (Å²) in [6, 6.07) is 8.45. The van der Waals surface area contributed by atoms with Crippen molar-refractivity contribution in [1.29, 1.82) is 0 Å². The van der Waals surface area contributed by atoms with Crippen molar-refractivity contribution in [3.8, 4) is 0 Å². The molecule has 3 heteroatoms. The summed E-state index contributed by atoms with van der Waals surface area (Å²) >= 11 is -3.27. The van der Waals surface area contributed by atoms with Gasteiger partial charge < -0.3 is 0 Å². The van der Waals surface area contributed by atoms with Gasteiger partial charge in [0.15, 0.2) is 0 Å². The van der Waals surface area contributed by atoms with E-state index in [0.29, 0.717) is 3.87 Å². The third-order valence-electron chi connectivity index (χ3n) is 1.01. The van der Waals surface area contributed by atoms with Crippen molar-refractivity contribution in [3.05, 3.63) is 30.3 Å². The number of benzene rings is 1. The molecule has 0 spiro atoms. The molecule has 0 fully saturated rings. The van der Waals surface area contributed by atoms with Gasteiger partial charge in [0.2, 0.25) is 0 Å². The van der Waals surface area contributed by atoms with E-state index in [0.717, 1.165) is 0 Å². The molecule has 0 aliphatic rings. The van der Waals surface area contributed by atoms with Crippen molar-refractivity contribution in [3.63, 3.8) is 0 Å². The molecule has 0 unspecified atom stereocenters. The summed E-state index contributed by atoms with van der Waals surface area (Å²) in [4.78, 5) is 0. The molecule has 0 atom stereocenters. The summed E-state index contributed by atoms with van der Waals surface area (Å²) in [5.74, 6) is 0. The summed E-state index contributed by atoms with van der Waals surface area (Å²) in [5.41, 5.74) is 0. The minimum absolute atomic E-state index is 0.470. The molecule has 1 aromatic rings. The van der Waals surface area contributed by atoms with Crippen LogP contribution in [0.1, 0.15) is 0 Å². The Balaban J connectivity index is 3.13. The van der Waals surface area contributed by atoms with Gasteiger partial charge in [-0.05, 0) is 0 Å². The standard InChI is InChI=1S/C6H5.2O.Ti/c1-2-4-6-5-3-1;;;/h1-5H;;;. The third-order valence-corrected chi connectivity index (χ3v) is 2.27. The molecule has 0 aliphatic carbocycles. The fourth-order valence-electron chi connectivity index (χ4n) is 0.574. The van der Waals surface area contributed by atoms with Crippen molar-refractivity contribution in [2.75, 3.05) is 0 Å². The maximum absolute atomic E-state index is 10.3. The monoisotopic (exact) mass is 157 g/mol. The van der Waals surface area contributed by atoms with Crippen LogP contribution >= 0.6 is 0 Å². The van der Waals surface area contributed by atoms with E-state index in [1.54, 1.807) is 30.3 Å². The van der Waals surface area contributed by atoms with Crippen LogP contribution in [0.5, 0.6) is 0 Å². The predicted molar refractivity (Wildman–Crippen MR) is 27.4 cm³/mol. The molecule has 45 valence electrons. The van der Waals surface area contributed by atoms with Gasteiger partial charge in [0.1, 0.15) is 0 Å². The topological polar surface area (TPSA) is 34.1 Å². The van der Waals surface area contributed by atoms with Crippen molar-refractivity contribution in [2.24, 2.45) is 0 Å². The van der Waals surface area contributed by atoms with E-state index in [1.165, 1.54) is 0 Å². The molecule has 1 aromatic carbocycles. The second-order valence-electron chi connectivity index (χ2n) is 1.65. The summed E-state index contributed by atoms with van der Waals surface area (Å²) in [7, 11) is 0. The van der Waals surface area contributed by atoms with Crippen molar-refractivity contribution >= 4 is 3.87 Å². The van der Waals surface area contributed by atoms with Crippen molar-refractivity contribution in [2.45, 2.75) is 0 Å². The summed E-state index contributed by atoms with van der Waals surface area (Å²) in [6.07, 6.45) is 0. The number of rotatable bonds is 1. The van der Waals surface area contributed by atoms with Crippen LogP contribution < -0.4 is 3.87 Å². The summed E-state index contributed by atoms with van der Waals surface area (Å²) in [5, 5.41) is 0. The Morgan fingerprint density at radius 3 is 1.89 bits per heavy atom. The van der Waals surface area contributed by atoms with Crippen LogP contribution in [0.25, 0.3) is 0 Å². The van der Waals surface area contributed by atoms with E-state index in [2.05, 4.69) is 0 Å². The van der Waals surface area contributed by atoms with Gasteiger partial charge in [-0.15, -0.1) is 0 Å². The minimum atomic E-state index is -3.27. The van der Waals surface area contributed by atoms with Crippen LogP contribution in [-0.2, 0) is 24.5 Å². The SMILES string of the molecule is [O]=[Ti](=[O])[c]1ccccc1. The molecule has 0 aromatic heterocycles. The molecule has 0 aliphatic heterocycles. The predicted octanol–water partition coefficient (Wildman–Crippen LogP) is 0.621. The first-order valence-corrected chi connectivity index (χ1v) is 4.62. The van der Waals surface area contributed by atoms with Gasteiger partial charge in [0.25, 0.3) is 0 Å². The molecular weight excluding hydrogens is 152 g/mol. The quantitative estimate of drug-likeness (QED) is 0.560. The molecule has 0 saturated carbocycles. The Hall–Kier alpha value is -0.466. The Kier molecular flexibility index (Phi) is 2.14. The normalized spacial score (nSPS) is 8.89. The van der Waals surface area contributed by atoms with Gasteiger partial charge in [-0.25, -0.2) is 0 Å². The third kappa shape index (κ3) is 1.73. The second kappa shape index (κ2) is 2.90. The summed E-state index contributed by atoms with van der Waals surface area (Å²) < 4.78 is 21.1.